The summed E-state index contributed by atoms with van der Waals surface area (Å²) in [5, 5.41) is 8.77. The third-order valence-electron chi connectivity index (χ3n) is 2.61. The fraction of sp³-hybridized carbons (Fsp3) is 0.364. The number of hydrogen-bond acceptors (Lipinski definition) is 2. The second kappa shape index (κ2) is 3.98. The molecule has 15 heavy (non-hydrogen) atoms. The zero-order valence-electron chi connectivity index (χ0n) is 8.24. The number of rotatable bonds is 2. The molecule has 0 unspecified atom stereocenters. The van der Waals surface area contributed by atoms with Crippen LogP contribution in [0.4, 0.5) is 4.39 Å². The highest BCUT2D eigenvalue weighted by Crippen LogP contribution is 2.19. The zero-order chi connectivity index (χ0) is 10.8. The predicted molar refractivity (Wildman–Crippen MR) is 53.1 cm³/mol. The molecule has 0 aromatic heterocycles. The van der Waals surface area contributed by atoms with Crippen LogP contribution in [0.2, 0.25) is 0 Å². The summed E-state index contributed by atoms with van der Waals surface area (Å²) in [5.41, 5.74) is 1.31. The van der Waals surface area contributed by atoms with E-state index < -0.39 is 5.82 Å². The van der Waals surface area contributed by atoms with Crippen molar-refractivity contribution in [2.24, 2.45) is 0 Å². The number of aliphatic hydroxyl groups excluding tert-OH is 1. The molecule has 80 valence electrons. The minimum absolute atomic E-state index is 0.0591. The summed E-state index contributed by atoms with van der Waals surface area (Å²) in [6.45, 7) is 0.850. The van der Waals surface area contributed by atoms with Crippen molar-refractivity contribution >= 4 is 5.91 Å². The Labute approximate surface area is 87.1 Å². The highest BCUT2D eigenvalue weighted by molar-refractivity contribution is 5.96. The molecule has 0 saturated heterocycles. The summed E-state index contributed by atoms with van der Waals surface area (Å²) in [7, 11) is 0. The van der Waals surface area contributed by atoms with Gasteiger partial charge in [0.2, 0.25) is 0 Å². The minimum atomic E-state index is -0.395. The normalized spacial score (nSPS) is 15.3. The van der Waals surface area contributed by atoms with Gasteiger partial charge >= 0.3 is 0 Å². The number of benzene rings is 1. The van der Waals surface area contributed by atoms with Crippen molar-refractivity contribution in [2.45, 2.75) is 6.42 Å². The molecule has 0 atom stereocenters. The number of halogens is 1. The number of nitrogens with zero attached hydrogens (tertiary/aromatic N) is 1. The molecule has 3 nitrogen and oxygen atoms in total. The van der Waals surface area contributed by atoms with Crippen LogP contribution >= 0.6 is 0 Å². The van der Waals surface area contributed by atoms with Gasteiger partial charge in [-0.15, -0.1) is 0 Å². The first kappa shape index (κ1) is 10.1. The molecule has 1 amide bonds. The van der Waals surface area contributed by atoms with Crippen molar-refractivity contribution in [1.29, 1.82) is 0 Å². The van der Waals surface area contributed by atoms with Crippen molar-refractivity contribution in [1.82, 2.24) is 4.90 Å². The van der Waals surface area contributed by atoms with Crippen molar-refractivity contribution in [3.63, 3.8) is 0 Å². The largest absolute Gasteiger partial charge is 0.395 e. The van der Waals surface area contributed by atoms with Crippen LogP contribution in [-0.4, -0.2) is 35.6 Å². The van der Waals surface area contributed by atoms with E-state index in [2.05, 4.69) is 0 Å². The highest BCUT2D eigenvalue weighted by atomic mass is 19.1. The van der Waals surface area contributed by atoms with Gasteiger partial charge < -0.3 is 10.0 Å². The van der Waals surface area contributed by atoms with Gasteiger partial charge in [-0.3, -0.25) is 4.79 Å². The molecular weight excluding hydrogens is 197 g/mol. The smallest absolute Gasteiger partial charge is 0.254 e. The van der Waals surface area contributed by atoms with Crippen LogP contribution in [0, 0.1) is 5.82 Å². The van der Waals surface area contributed by atoms with Crippen LogP contribution in [0.5, 0.6) is 0 Å². The van der Waals surface area contributed by atoms with Gasteiger partial charge in [0, 0.05) is 18.7 Å². The first-order chi connectivity index (χ1) is 7.22. The van der Waals surface area contributed by atoms with Gasteiger partial charge in [-0.05, 0) is 24.1 Å². The molecule has 4 heteroatoms. The van der Waals surface area contributed by atoms with E-state index in [4.69, 9.17) is 5.11 Å². The van der Waals surface area contributed by atoms with Crippen LogP contribution in [0.25, 0.3) is 0 Å². The molecule has 0 radical (unpaired) electrons. The summed E-state index contributed by atoms with van der Waals surface area (Å²) >= 11 is 0. The van der Waals surface area contributed by atoms with E-state index in [1.165, 1.54) is 12.1 Å². The first-order valence-electron chi connectivity index (χ1n) is 4.91. The van der Waals surface area contributed by atoms with Crippen molar-refractivity contribution < 1.29 is 14.3 Å². The minimum Gasteiger partial charge on any atom is -0.395 e. The van der Waals surface area contributed by atoms with E-state index in [1.807, 2.05) is 0 Å². The van der Waals surface area contributed by atoms with Gasteiger partial charge in [-0.2, -0.15) is 0 Å². The van der Waals surface area contributed by atoms with Gasteiger partial charge in [0.15, 0.2) is 0 Å². The molecule has 0 fully saturated rings. The fourth-order valence-corrected chi connectivity index (χ4v) is 1.83. The SMILES string of the molecule is O=C1c2cc(F)ccc2CCN1CCO. The molecule has 0 saturated carbocycles. The lowest BCUT2D eigenvalue weighted by atomic mass is 9.99. The number of aliphatic hydroxyl groups is 1. The van der Waals surface area contributed by atoms with Crippen LogP contribution in [0.3, 0.4) is 0 Å². The molecule has 1 N–H and O–H groups in total. The number of carbonyl (C=O) groups excluding carboxylic acids is 1. The first-order valence-corrected chi connectivity index (χ1v) is 4.91. The standard InChI is InChI=1S/C11H12FNO2/c12-9-2-1-8-3-4-13(5-6-14)11(15)10(8)7-9/h1-2,7,14H,3-6H2. The molecule has 1 aromatic rings. The molecule has 0 bridgehead atoms. The van der Waals surface area contributed by atoms with E-state index in [0.29, 0.717) is 18.7 Å². The summed E-state index contributed by atoms with van der Waals surface area (Å²) in [6, 6.07) is 4.29. The van der Waals surface area contributed by atoms with Crippen LogP contribution in [0.1, 0.15) is 15.9 Å². The Kier molecular flexibility index (Phi) is 2.68. The van der Waals surface area contributed by atoms with E-state index >= 15 is 0 Å². The Morgan fingerprint density at radius 2 is 2.27 bits per heavy atom. The molecule has 1 heterocycles. The Morgan fingerprint density at radius 3 is 3.00 bits per heavy atom. The number of β-amino-alcohol motifs (C(OH)–C–C–N with tert-alkyl or cyclic N) is 1. The molecule has 0 spiro atoms. The number of carbonyl (C=O) groups is 1. The Balaban J connectivity index is 2.32. The van der Waals surface area contributed by atoms with Gasteiger partial charge in [0.25, 0.3) is 5.91 Å². The second-order valence-corrected chi connectivity index (χ2v) is 3.57. The lowest BCUT2D eigenvalue weighted by Crippen LogP contribution is -2.39. The summed E-state index contributed by atoms with van der Waals surface area (Å²) in [4.78, 5) is 13.4. The van der Waals surface area contributed by atoms with Crippen molar-refractivity contribution in [3.8, 4) is 0 Å². The zero-order valence-corrected chi connectivity index (χ0v) is 8.24. The van der Waals surface area contributed by atoms with E-state index in [0.717, 1.165) is 12.0 Å². The second-order valence-electron chi connectivity index (χ2n) is 3.57. The number of fused-ring (bicyclic) bond motifs is 1. The predicted octanol–water partition coefficient (Wildman–Crippen LogP) is 0.816. The maximum absolute atomic E-state index is 13.0. The Hall–Kier alpha value is -1.42. The Morgan fingerprint density at radius 1 is 1.47 bits per heavy atom. The molecule has 0 aliphatic carbocycles. The topological polar surface area (TPSA) is 40.5 Å². The molecule has 2 rings (SSSR count). The van der Waals surface area contributed by atoms with Crippen molar-refractivity contribution in [2.75, 3.05) is 19.7 Å². The maximum Gasteiger partial charge on any atom is 0.254 e. The molecule has 1 aliphatic heterocycles. The van der Waals surface area contributed by atoms with Gasteiger partial charge in [-0.1, -0.05) is 6.07 Å². The summed E-state index contributed by atoms with van der Waals surface area (Å²) < 4.78 is 13.0. The van der Waals surface area contributed by atoms with Gasteiger partial charge in [0.05, 0.1) is 6.61 Å². The van der Waals surface area contributed by atoms with Crippen LogP contribution in [0.15, 0.2) is 18.2 Å². The summed E-state index contributed by atoms with van der Waals surface area (Å²) in [6.07, 6.45) is 0.724. The molecular formula is C11H12FNO2. The quantitative estimate of drug-likeness (QED) is 0.783. The fourth-order valence-electron chi connectivity index (χ4n) is 1.83. The lowest BCUT2D eigenvalue weighted by Gasteiger charge is -2.27. The van der Waals surface area contributed by atoms with Gasteiger partial charge in [-0.25, -0.2) is 4.39 Å². The Bertz CT molecular complexity index is 392. The van der Waals surface area contributed by atoms with Crippen LogP contribution in [-0.2, 0) is 6.42 Å². The molecule has 1 aliphatic rings. The number of hydrogen-bond donors (Lipinski definition) is 1. The van der Waals surface area contributed by atoms with Gasteiger partial charge in [0.1, 0.15) is 5.82 Å². The maximum atomic E-state index is 13.0. The van der Waals surface area contributed by atoms with E-state index in [9.17, 15) is 9.18 Å². The van der Waals surface area contributed by atoms with E-state index in [1.54, 1.807) is 11.0 Å². The highest BCUT2D eigenvalue weighted by Gasteiger charge is 2.23. The van der Waals surface area contributed by atoms with E-state index in [-0.39, 0.29) is 12.5 Å². The number of amides is 1. The summed E-state index contributed by atoms with van der Waals surface area (Å²) in [5.74, 6) is -0.585. The third kappa shape index (κ3) is 1.85. The lowest BCUT2D eigenvalue weighted by molar-refractivity contribution is 0.0705. The van der Waals surface area contributed by atoms with Crippen LogP contribution < -0.4 is 0 Å². The third-order valence-corrected chi connectivity index (χ3v) is 2.61. The average molecular weight is 209 g/mol. The average Bonchev–Trinajstić information content (AvgIpc) is 2.23. The van der Waals surface area contributed by atoms with Crippen molar-refractivity contribution in [3.05, 3.63) is 35.1 Å². The molecule has 1 aromatic carbocycles. The monoisotopic (exact) mass is 209 g/mol.